The van der Waals surface area contributed by atoms with Gasteiger partial charge in [-0.1, -0.05) is 13.3 Å². The van der Waals surface area contributed by atoms with Gasteiger partial charge in [-0.2, -0.15) is 4.31 Å². The highest BCUT2D eigenvalue weighted by atomic mass is 32.2. The average molecular weight is 361 g/mol. The summed E-state index contributed by atoms with van der Waals surface area (Å²) in [6, 6.07) is 1.26. The number of carboxylic acid groups (broad SMARTS) is 2. The molecule has 1 atom stereocenters. The molecule has 0 spiro atoms. The number of carbonyl (C=O) groups is 2. The Morgan fingerprint density at radius 1 is 1.39 bits per heavy atom. The van der Waals surface area contributed by atoms with Crippen molar-refractivity contribution in [3.63, 3.8) is 0 Å². The molecule has 23 heavy (non-hydrogen) atoms. The molecule has 1 aliphatic heterocycles. The predicted molar refractivity (Wildman–Crippen MR) is 84.2 cm³/mol. The van der Waals surface area contributed by atoms with Crippen LogP contribution in [0.25, 0.3) is 0 Å². The smallest absolute Gasteiger partial charge is 0.347 e. The quantitative estimate of drug-likeness (QED) is 0.802. The van der Waals surface area contributed by atoms with Crippen molar-refractivity contribution in [3.05, 3.63) is 16.3 Å². The first-order chi connectivity index (χ1) is 10.7. The van der Waals surface area contributed by atoms with E-state index in [1.807, 2.05) is 6.92 Å². The molecule has 128 valence electrons. The summed E-state index contributed by atoms with van der Waals surface area (Å²) in [7, 11) is -4.02. The minimum absolute atomic E-state index is 0.118. The molecular formula is C14H19NO6S2. The van der Waals surface area contributed by atoms with Gasteiger partial charge in [0.25, 0.3) is 0 Å². The fraction of sp³-hybridized carbons (Fsp3) is 0.571. The van der Waals surface area contributed by atoms with Crippen LogP contribution in [0.3, 0.4) is 0 Å². The van der Waals surface area contributed by atoms with Gasteiger partial charge in [0.2, 0.25) is 10.0 Å². The van der Waals surface area contributed by atoms with Gasteiger partial charge in [0.15, 0.2) is 0 Å². The largest absolute Gasteiger partial charge is 0.481 e. The maximum Gasteiger partial charge on any atom is 0.347 e. The number of hydrogen-bond acceptors (Lipinski definition) is 5. The Labute approximate surface area is 138 Å². The van der Waals surface area contributed by atoms with Gasteiger partial charge in [-0.3, -0.25) is 4.79 Å². The molecule has 0 amide bonds. The summed E-state index contributed by atoms with van der Waals surface area (Å²) in [4.78, 5) is 22.4. The van der Waals surface area contributed by atoms with Gasteiger partial charge in [0, 0.05) is 13.1 Å². The number of thiophene rings is 1. The van der Waals surface area contributed by atoms with Crippen LogP contribution in [0, 0.1) is 5.41 Å². The van der Waals surface area contributed by atoms with Crippen molar-refractivity contribution in [2.24, 2.45) is 5.41 Å². The number of aromatic carboxylic acids is 1. The monoisotopic (exact) mass is 361 g/mol. The van der Waals surface area contributed by atoms with Gasteiger partial charge in [-0.15, -0.1) is 11.3 Å². The van der Waals surface area contributed by atoms with E-state index in [-0.39, 0.29) is 22.9 Å². The molecule has 2 rings (SSSR count). The maximum atomic E-state index is 12.8. The van der Waals surface area contributed by atoms with Crippen LogP contribution in [0.2, 0.25) is 0 Å². The van der Waals surface area contributed by atoms with Gasteiger partial charge in [0.05, 0.1) is 5.41 Å². The lowest BCUT2D eigenvalue weighted by Gasteiger charge is -2.39. The Morgan fingerprint density at radius 2 is 2.09 bits per heavy atom. The standard InChI is InChI=1S/C14H19NO6S2/c1-2-5-14(13(18)19)6-3-7-15(9-14)23(20,21)10-4-8-22-11(10)12(16)17/h4,8H,2-3,5-7,9H2,1H3,(H,16,17)(H,18,19)/t14-/m1/s1. The molecule has 0 unspecified atom stereocenters. The predicted octanol–water partition coefficient (Wildman–Crippen LogP) is 2.10. The molecule has 1 saturated heterocycles. The fourth-order valence-electron chi connectivity index (χ4n) is 3.05. The lowest BCUT2D eigenvalue weighted by molar-refractivity contribution is -0.151. The Balaban J connectivity index is 2.38. The topological polar surface area (TPSA) is 112 Å². The van der Waals surface area contributed by atoms with E-state index in [1.165, 1.54) is 11.4 Å². The molecule has 0 bridgehead atoms. The second-order valence-electron chi connectivity index (χ2n) is 5.70. The summed E-state index contributed by atoms with van der Waals surface area (Å²) < 4.78 is 26.6. The molecule has 7 nitrogen and oxygen atoms in total. The van der Waals surface area contributed by atoms with E-state index in [2.05, 4.69) is 0 Å². The first-order valence-corrected chi connectivity index (χ1v) is 9.61. The molecule has 2 N–H and O–H groups in total. The SMILES string of the molecule is CCC[C@@]1(C(=O)O)CCCN(S(=O)(=O)c2ccsc2C(=O)O)C1. The van der Waals surface area contributed by atoms with Gasteiger partial charge < -0.3 is 10.2 Å². The Bertz CT molecular complexity index is 707. The summed E-state index contributed by atoms with van der Waals surface area (Å²) in [6.07, 6.45) is 1.90. The van der Waals surface area contributed by atoms with Crippen LogP contribution in [0.15, 0.2) is 16.3 Å². The van der Waals surface area contributed by atoms with Crippen molar-refractivity contribution in [1.82, 2.24) is 4.31 Å². The first-order valence-electron chi connectivity index (χ1n) is 7.29. The first kappa shape index (κ1) is 17.9. The van der Waals surface area contributed by atoms with Crippen molar-refractivity contribution >= 4 is 33.3 Å². The maximum absolute atomic E-state index is 12.8. The van der Waals surface area contributed by atoms with Gasteiger partial charge >= 0.3 is 11.9 Å². The Morgan fingerprint density at radius 3 is 2.65 bits per heavy atom. The third kappa shape index (κ3) is 3.26. The third-order valence-electron chi connectivity index (χ3n) is 4.17. The highest BCUT2D eigenvalue weighted by Crippen LogP contribution is 2.38. The van der Waals surface area contributed by atoms with Crippen molar-refractivity contribution in [2.75, 3.05) is 13.1 Å². The fourth-order valence-corrected chi connectivity index (χ4v) is 5.85. The third-order valence-corrected chi connectivity index (χ3v) is 7.08. The molecule has 0 radical (unpaired) electrons. The number of rotatable bonds is 6. The van der Waals surface area contributed by atoms with Crippen molar-refractivity contribution in [2.45, 2.75) is 37.5 Å². The molecule has 0 aliphatic carbocycles. The van der Waals surface area contributed by atoms with Crippen LogP contribution >= 0.6 is 11.3 Å². The summed E-state index contributed by atoms with van der Waals surface area (Å²) >= 11 is 0.843. The normalized spacial score (nSPS) is 22.8. The zero-order valence-corrected chi connectivity index (χ0v) is 14.3. The summed E-state index contributed by atoms with van der Waals surface area (Å²) in [5.41, 5.74) is -1.10. The second kappa shape index (κ2) is 6.58. The van der Waals surface area contributed by atoms with Crippen LogP contribution in [0.4, 0.5) is 0 Å². The number of hydrogen-bond donors (Lipinski definition) is 2. The summed E-state index contributed by atoms with van der Waals surface area (Å²) in [5.74, 6) is -2.29. The number of sulfonamides is 1. The van der Waals surface area contributed by atoms with Crippen LogP contribution in [-0.4, -0.2) is 48.0 Å². The summed E-state index contributed by atoms with van der Waals surface area (Å²) in [6.45, 7) is 1.95. The molecule has 9 heteroatoms. The second-order valence-corrected chi connectivity index (χ2v) is 8.52. The minimum Gasteiger partial charge on any atom is -0.481 e. The number of nitrogens with zero attached hydrogens (tertiary/aromatic N) is 1. The van der Waals surface area contributed by atoms with E-state index >= 15 is 0 Å². The molecule has 0 saturated carbocycles. The molecule has 0 aromatic carbocycles. The average Bonchev–Trinajstić information content (AvgIpc) is 2.98. The minimum atomic E-state index is -4.02. The number of piperidine rings is 1. The zero-order valence-electron chi connectivity index (χ0n) is 12.7. The highest BCUT2D eigenvalue weighted by molar-refractivity contribution is 7.89. The van der Waals surface area contributed by atoms with E-state index in [0.29, 0.717) is 25.7 Å². The molecular weight excluding hydrogens is 342 g/mol. The van der Waals surface area contributed by atoms with Crippen molar-refractivity contribution < 1.29 is 28.2 Å². The van der Waals surface area contributed by atoms with Gasteiger partial charge in [0.1, 0.15) is 9.77 Å². The Hall–Kier alpha value is -1.45. The van der Waals surface area contributed by atoms with E-state index in [9.17, 15) is 23.1 Å². The van der Waals surface area contributed by atoms with Crippen LogP contribution < -0.4 is 0 Å². The molecule has 1 fully saturated rings. The van der Waals surface area contributed by atoms with E-state index in [4.69, 9.17) is 5.11 Å². The molecule has 2 heterocycles. The van der Waals surface area contributed by atoms with Crippen molar-refractivity contribution in [3.8, 4) is 0 Å². The lowest BCUT2D eigenvalue weighted by Crippen LogP contribution is -2.49. The zero-order chi connectivity index (χ0) is 17.3. The van der Waals surface area contributed by atoms with Crippen LogP contribution in [-0.2, 0) is 14.8 Å². The molecule has 1 aromatic rings. The lowest BCUT2D eigenvalue weighted by atomic mass is 9.77. The van der Waals surface area contributed by atoms with Crippen LogP contribution in [0.5, 0.6) is 0 Å². The Kier molecular flexibility index (Phi) is 5.12. The molecule has 1 aliphatic rings. The van der Waals surface area contributed by atoms with Gasteiger partial charge in [-0.25, -0.2) is 13.2 Å². The number of carboxylic acids is 2. The number of aliphatic carboxylic acids is 1. The van der Waals surface area contributed by atoms with Gasteiger partial charge in [-0.05, 0) is 30.7 Å². The van der Waals surface area contributed by atoms with E-state index < -0.39 is 27.4 Å². The van der Waals surface area contributed by atoms with E-state index in [0.717, 1.165) is 15.6 Å². The van der Waals surface area contributed by atoms with Crippen molar-refractivity contribution in [1.29, 1.82) is 0 Å². The van der Waals surface area contributed by atoms with Crippen LogP contribution in [0.1, 0.15) is 42.3 Å². The molecule has 1 aromatic heterocycles. The summed E-state index contributed by atoms with van der Waals surface area (Å²) in [5, 5.41) is 20.1. The highest BCUT2D eigenvalue weighted by Gasteiger charge is 2.45. The van der Waals surface area contributed by atoms with E-state index in [1.54, 1.807) is 0 Å².